The molecule has 6 nitrogen and oxygen atoms in total. The molecule has 0 aliphatic heterocycles. The highest BCUT2D eigenvalue weighted by atomic mass is 32.2. The number of carbonyl (C=O) groups is 1. The number of hydrogen-bond acceptors (Lipinski definition) is 4. The van der Waals surface area contributed by atoms with Crippen LogP contribution in [0.4, 0.5) is 17.6 Å². The lowest BCUT2D eigenvalue weighted by atomic mass is 9.78. The molecule has 36 heavy (non-hydrogen) atoms. The topological polar surface area (TPSA) is 96.6 Å². The molecule has 0 radical (unpaired) electrons. The number of fused-ring (bicyclic) bond motifs is 3. The molecule has 11 heteroatoms. The Morgan fingerprint density at radius 1 is 1.11 bits per heavy atom. The molecule has 0 fully saturated rings. The van der Waals surface area contributed by atoms with Crippen LogP contribution in [0.15, 0.2) is 41.3 Å². The minimum absolute atomic E-state index is 0.0832. The van der Waals surface area contributed by atoms with Gasteiger partial charge < -0.3 is 14.8 Å². The van der Waals surface area contributed by atoms with Gasteiger partial charge in [-0.25, -0.2) is 12.8 Å². The van der Waals surface area contributed by atoms with E-state index in [1.807, 2.05) is 0 Å². The van der Waals surface area contributed by atoms with Crippen LogP contribution >= 0.6 is 0 Å². The monoisotopic (exact) mass is 527 g/mol. The zero-order chi connectivity index (χ0) is 26.7. The van der Waals surface area contributed by atoms with Crippen LogP contribution in [-0.4, -0.2) is 35.4 Å². The number of aromatic nitrogens is 1. The minimum Gasteiger partial charge on any atom is -0.481 e. The van der Waals surface area contributed by atoms with Crippen LogP contribution < -0.4 is 0 Å². The van der Waals surface area contributed by atoms with Gasteiger partial charge in [0.15, 0.2) is 9.84 Å². The van der Waals surface area contributed by atoms with Gasteiger partial charge in [-0.15, -0.1) is 0 Å². The van der Waals surface area contributed by atoms with Gasteiger partial charge >= 0.3 is 12.1 Å². The first-order valence-corrected chi connectivity index (χ1v) is 13.2. The number of benzene rings is 2. The van der Waals surface area contributed by atoms with Crippen LogP contribution in [0.25, 0.3) is 10.9 Å². The van der Waals surface area contributed by atoms with Crippen molar-refractivity contribution in [1.29, 1.82) is 0 Å². The van der Waals surface area contributed by atoms with Gasteiger partial charge in [-0.2, -0.15) is 13.2 Å². The van der Waals surface area contributed by atoms with Crippen molar-refractivity contribution in [2.75, 3.05) is 6.26 Å². The summed E-state index contributed by atoms with van der Waals surface area (Å²) in [4.78, 5) is 11.6. The standard InChI is InChI=1S/C25H25F4NO5S/c1-12(24(32)33)17-8-9-19(31)21-18-10-16(26)11-20(36(3,34)35)22(18)30(23(17)21)13(2)14-4-6-15(7-5-14)25(27,28)29/h4-7,10-13,17,19,31H,8-9H2,1-3H3,(H,32,33)/t12?,13-,17+,19-/m0/s1. The van der Waals surface area contributed by atoms with Crippen LogP contribution in [0.5, 0.6) is 0 Å². The SMILES string of the molecule is CC(C(=O)O)[C@H]1CC[C@H](O)c2c1n([C@@H](C)c1ccc(C(F)(F)F)cc1)c1c(S(C)(=O)=O)cc(F)cc21. The number of halogens is 4. The number of rotatable bonds is 5. The number of aliphatic hydroxyl groups excluding tert-OH is 1. The number of carboxylic acid groups (broad SMARTS) is 1. The van der Waals surface area contributed by atoms with Crippen molar-refractivity contribution < 1.29 is 41.0 Å². The Kier molecular flexibility index (Phi) is 6.45. The van der Waals surface area contributed by atoms with Crippen molar-refractivity contribution in [3.05, 3.63) is 64.6 Å². The van der Waals surface area contributed by atoms with Gasteiger partial charge in [0.05, 0.1) is 34.0 Å². The Morgan fingerprint density at radius 3 is 2.25 bits per heavy atom. The highest BCUT2D eigenvalue weighted by Crippen LogP contribution is 2.49. The molecule has 1 aliphatic rings. The maximum atomic E-state index is 14.6. The Hall–Kier alpha value is -2.92. The predicted molar refractivity (Wildman–Crippen MR) is 124 cm³/mol. The fourth-order valence-corrected chi connectivity index (χ4v) is 6.09. The summed E-state index contributed by atoms with van der Waals surface area (Å²) < 4.78 is 81.0. The molecule has 1 aromatic heterocycles. The van der Waals surface area contributed by atoms with Crippen molar-refractivity contribution in [1.82, 2.24) is 4.57 Å². The number of aliphatic hydroxyl groups is 1. The lowest BCUT2D eigenvalue weighted by Crippen LogP contribution is -2.27. The van der Waals surface area contributed by atoms with Gasteiger partial charge in [0.1, 0.15) is 5.82 Å². The van der Waals surface area contributed by atoms with E-state index in [-0.39, 0.29) is 34.2 Å². The molecule has 1 unspecified atom stereocenters. The summed E-state index contributed by atoms with van der Waals surface area (Å²) in [6.45, 7) is 3.14. The fourth-order valence-electron chi connectivity index (χ4n) is 5.21. The maximum absolute atomic E-state index is 14.6. The smallest absolute Gasteiger partial charge is 0.416 e. The molecule has 3 aromatic rings. The quantitative estimate of drug-likeness (QED) is 0.431. The molecule has 2 N–H and O–H groups in total. The van der Waals surface area contributed by atoms with Gasteiger partial charge in [-0.1, -0.05) is 19.1 Å². The first-order valence-electron chi connectivity index (χ1n) is 11.3. The molecule has 0 amide bonds. The van der Waals surface area contributed by atoms with E-state index < -0.39 is 57.3 Å². The molecule has 0 saturated carbocycles. The van der Waals surface area contributed by atoms with Crippen molar-refractivity contribution in [3.63, 3.8) is 0 Å². The van der Waals surface area contributed by atoms with E-state index in [0.717, 1.165) is 30.5 Å². The van der Waals surface area contributed by atoms with Crippen LogP contribution in [0.3, 0.4) is 0 Å². The number of aliphatic carboxylic acids is 1. The molecule has 0 bridgehead atoms. The number of nitrogens with zero attached hydrogens (tertiary/aromatic N) is 1. The average molecular weight is 528 g/mol. The van der Waals surface area contributed by atoms with Crippen molar-refractivity contribution in [2.24, 2.45) is 5.92 Å². The summed E-state index contributed by atoms with van der Waals surface area (Å²) in [6.07, 6.45) is -4.28. The number of carboxylic acids is 1. The van der Waals surface area contributed by atoms with Gasteiger partial charge in [0.2, 0.25) is 0 Å². The Bertz CT molecular complexity index is 1440. The third-order valence-corrected chi connectivity index (χ3v) is 8.15. The van der Waals surface area contributed by atoms with E-state index in [0.29, 0.717) is 11.3 Å². The van der Waals surface area contributed by atoms with E-state index in [4.69, 9.17) is 0 Å². The highest BCUT2D eigenvalue weighted by Gasteiger charge is 2.40. The summed E-state index contributed by atoms with van der Waals surface area (Å²) in [5.41, 5.74) is 0.219. The third kappa shape index (κ3) is 4.39. The molecule has 1 aliphatic carbocycles. The van der Waals surface area contributed by atoms with E-state index in [2.05, 4.69) is 0 Å². The van der Waals surface area contributed by atoms with Crippen molar-refractivity contribution in [3.8, 4) is 0 Å². The zero-order valence-corrected chi connectivity index (χ0v) is 20.5. The third-order valence-electron chi connectivity index (χ3n) is 7.04. The first-order chi connectivity index (χ1) is 16.6. The van der Waals surface area contributed by atoms with Crippen LogP contribution in [-0.2, 0) is 20.8 Å². The second-order valence-corrected chi connectivity index (χ2v) is 11.3. The second-order valence-electron chi connectivity index (χ2n) is 9.36. The largest absolute Gasteiger partial charge is 0.481 e. The summed E-state index contributed by atoms with van der Waals surface area (Å²) in [7, 11) is -3.99. The summed E-state index contributed by atoms with van der Waals surface area (Å²) >= 11 is 0. The Balaban J connectivity index is 2.10. The number of hydrogen-bond donors (Lipinski definition) is 2. The summed E-state index contributed by atoms with van der Waals surface area (Å²) in [6, 6.07) is 5.56. The van der Waals surface area contributed by atoms with Gasteiger partial charge in [0, 0.05) is 28.8 Å². The van der Waals surface area contributed by atoms with Gasteiger partial charge in [0.25, 0.3) is 0 Å². The number of alkyl halides is 3. The zero-order valence-electron chi connectivity index (χ0n) is 19.7. The van der Waals surface area contributed by atoms with Gasteiger partial charge in [-0.3, -0.25) is 4.79 Å². The maximum Gasteiger partial charge on any atom is 0.416 e. The molecular formula is C25H25F4NO5S. The molecule has 4 atom stereocenters. The second kappa shape index (κ2) is 8.88. The highest BCUT2D eigenvalue weighted by molar-refractivity contribution is 7.91. The van der Waals surface area contributed by atoms with Crippen LogP contribution in [0, 0.1) is 11.7 Å². The molecule has 194 valence electrons. The number of sulfone groups is 1. The van der Waals surface area contributed by atoms with E-state index in [1.54, 1.807) is 11.5 Å². The minimum atomic E-state index is -4.55. The fraction of sp³-hybridized carbons (Fsp3) is 0.400. The van der Waals surface area contributed by atoms with E-state index >= 15 is 0 Å². The normalized spacial score (nSPS) is 20.2. The Labute approximate surface area is 205 Å². The summed E-state index contributed by atoms with van der Waals surface area (Å²) in [5, 5.41) is 20.8. The molecular weight excluding hydrogens is 502 g/mol. The Morgan fingerprint density at radius 2 is 1.72 bits per heavy atom. The lowest BCUT2D eigenvalue weighted by molar-refractivity contribution is -0.142. The summed E-state index contributed by atoms with van der Waals surface area (Å²) in [5.74, 6) is -3.52. The van der Waals surface area contributed by atoms with Crippen molar-refractivity contribution >= 4 is 26.7 Å². The van der Waals surface area contributed by atoms with Crippen LogP contribution in [0.2, 0.25) is 0 Å². The average Bonchev–Trinajstić information content (AvgIpc) is 3.12. The lowest BCUT2D eigenvalue weighted by Gasteiger charge is -2.32. The van der Waals surface area contributed by atoms with Crippen LogP contribution in [0.1, 0.15) is 67.1 Å². The van der Waals surface area contributed by atoms with E-state index in [9.17, 15) is 41.0 Å². The molecule has 2 aromatic carbocycles. The predicted octanol–water partition coefficient (Wildman–Crippen LogP) is 5.44. The molecule has 4 rings (SSSR count). The first kappa shape index (κ1) is 26.2. The van der Waals surface area contributed by atoms with E-state index in [1.165, 1.54) is 19.1 Å². The van der Waals surface area contributed by atoms with Crippen molar-refractivity contribution in [2.45, 2.75) is 55.8 Å². The van der Waals surface area contributed by atoms with Gasteiger partial charge in [-0.05, 0) is 49.6 Å². The molecule has 0 spiro atoms. The molecule has 0 saturated heterocycles. The molecule has 1 heterocycles.